The fourth-order valence-corrected chi connectivity index (χ4v) is 4.62. The number of hydrogen-bond donors (Lipinski definition) is 0. The lowest BCUT2D eigenvalue weighted by Crippen LogP contribution is -2.29. The quantitative estimate of drug-likeness (QED) is 0.760. The first kappa shape index (κ1) is 17.3. The van der Waals surface area contributed by atoms with Gasteiger partial charge in [-0.1, -0.05) is 5.16 Å². The zero-order chi connectivity index (χ0) is 18.1. The van der Waals surface area contributed by atoms with E-state index >= 15 is 0 Å². The lowest BCUT2D eigenvalue weighted by Gasteiger charge is -2.21. The summed E-state index contributed by atoms with van der Waals surface area (Å²) in [5.74, 6) is 1.81. The Bertz CT molecular complexity index is 897. The van der Waals surface area contributed by atoms with Gasteiger partial charge < -0.3 is 18.7 Å². The maximum absolute atomic E-state index is 13.0. The molecule has 0 saturated carbocycles. The van der Waals surface area contributed by atoms with Crippen LogP contribution in [-0.2, 0) is 21.4 Å². The summed E-state index contributed by atoms with van der Waals surface area (Å²) in [6.45, 7) is 1.81. The molecule has 0 spiro atoms. The van der Waals surface area contributed by atoms with Gasteiger partial charge in [0.15, 0.2) is 17.3 Å². The first-order valence-electron chi connectivity index (χ1n) is 8.29. The SMILES string of the molecule is COCc1nc(C2CCN(S(=O)(=O)c3ccc4c(c3)OCCO4)C2)no1. The third-order valence-electron chi connectivity index (χ3n) is 4.42. The van der Waals surface area contributed by atoms with Crippen LogP contribution in [0.3, 0.4) is 0 Å². The number of rotatable bonds is 5. The average Bonchev–Trinajstić information content (AvgIpc) is 3.31. The van der Waals surface area contributed by atoms with Crippen molar-refractivity contribution in [3.63, 3.8) is 0 Å². The fraction of sp³-hybridized carbons (Fsp3) is 0.500. The van der Waals surface area contributed by atoms with Crippen LogP contribution in [0.1, 0.15) is 24.1 Å². The third kappa shape index (κ3) is 3.15. The maximum Gasteiger partial charge on any atom is 0.252 e. The fourth-order valence-electron chi connectivity index (χ4n) is 3.11. The van der Waals surface area contributed by atoms with E-state index in [4.69, 9.17) is 18.7 Å². The van der Waals surface area contributed by atoms with Crippen LogP contribution in [-0.4, -0.2) is 56.3 Å². The Hall–Kier alpha value is -2.17. The highest BCUT2D eigenvalue weighted by Crippen LogP contribution is 2.35. The number of nitrogens with zero attached hydrogens (tertiary/aromatic N) is 3. The molecule has 2 aliphatic heterocycles. The molecule has 1 fully saturated rings. The zero-order valence-electron chi connectivity index (χ0n) is 14.3. The molecule has 0 radical (unpaired) electrons. The van der Waals surface area contributed by atoms with Gasteiger partial charge in [0.25, 0.3) is 5.89 Å². The Morgan fingerprint density at radius 3 is 2.88 bits per heavy atom. The van der Waals surface area contributed by atoms with Crippen molar-refractivity contribution in [1.82, 2.24) is 14.4 Å². The Morgan fingerprint density at radius 1 is 1.27 bits per heavy atom. The molecule has 0 aliphatic carbocycles. The van der Waals surface area contributed by atoms with Crippen LogP contribution in [0, 0.1) is 0 Å². The summed E-state index contributed by atoms with van der Waals surface area (Å²) < 4.78 is 48.3. The predicted molar refractivity (Wildman–Crippen MR) is 88.6 cm³/mol. The highest BCUT2D eigenvalue weighted by atomic mass is 32.2. The van der Waals surface area contributed by atoms with Gasteiger partial charge >= 0.3 is 0 Å². The predicted octanol–water partition coefficient (Wildman–Crippen LogP) is 1.17. The third-order valence-corrected chi connectivity index (χ3v) is 6.28. The van der Waals surface area contributed by atoms with E-state index in [0.717, 1.165) is 0 Å². The van der Waals surface area contributed by atoms with Crippen molar-refractivity contribution in [3.8, 4) is 11.5 Å². The Labute approximate surface area is 150 Å². The van der Waals surface area contributed by atoms with Gasteiger partial charge in [0.05, 0.1) is 4.90 Å². The molecule has 1 atom stereocenters. The molecule has 10 heteroatoms. The molecule has 1 aromatic carbocycles. The van der Waals surface area contributed by atoms with Gasteiger partial charge in [0.1, 0.15) is 19.8 Å². The summed E-state index contributed by atoms with van der Waals surface area (Å²) >= 11 is 0. The molecule has 1 unspecified atom stereocenters. The number of ether oxygens (including phenoxy) is 3. The van der Waals surface area contributed by atoms with Crippen LogP contribution >= 0.6 is 0 Å². The molecule has 3 heterocycles. The molecule has 2 aromatic rings. The first-order valence-corrected chi connectivity index (χ1v) is 9.73. The molecule has 0 amide bonds. The Morgan fingerprint density at radius 2 is 2.08 bits per heavy atom. The molecule has 0 N–H and O–H groups in total. The Kier molecular flexibility index (Phi) is 4.55. The van der Waals surface area contributed by atoms with E-state index < -0.39 is 10.0 Å². The monoisotopic (exact) mass is 381 g/mol. The number of sulfonamides is 1. The van der Waals surface area contributed by atoms with Gasteiger partial charge in [0, 0.05) is 32.2 Å². The summed E-state index contributed by atoms with van der Waals surface area (Å²) in [5.41, 5.74) is 0. The van der Waals surface area contributed by atoms with Gasteiger partial charge in [-0.25, -0.2) is 8.42 Å². The van der Waals surface area contributed by atoms with Crippen molar-refractivity contribution in [2.75, 3.05) is 33.4 Å². The smallest absolute Gasteiger partial charge is 0.252 e. The van der Waals surface area contributed by atoms with Crippen LogP contribution in [0.25, 0.3) is 0 Å². The summed E-state index contributed by atoms with van der Waals surface area (Å²) in [6.07, 6.45) is 0.635. The van der Waals surface area contributed by atoms with E-state index in [1.165, 1.54) is 10.4 Å². The van der Waals surface area contributed by atoms with E-state index in [0.29, 0.717) is 55.9 Å². The van der Waals surface area contributed by atoms with Crippen LogP contribution < -0.4 is 9.47 Å². The maximum atomic E-state index is 13.0. The van der Waals surface area contributed by atoms with Crippen LogP contribution in [0.15, 0.2) is 27.6 Å². The van der Waals surface area contributed by atoms with Gasteiger partial charge in [-0.3, -0.25) is 0 Å². The van der Waals surface area contributed by atoms with Crippen molar-refractivity contribution in [3.05, 3.63) is 29.9 Å². The molecule has 1 saturated heterocycles. The van der Waals surface area contributed by atoms with Gasteiger partial charge in [-0.05, 0) is 18.6 Å². The topological polar surface area (TPSA) is 104 Å². The number of benzene rings is 1. The number of aromatic nitrogens is 2. The Balaban J connectivity index is 1.52. The van der Waals surface area contributed by atoms with Gasteiger partial charge in [-0.15, -0.1) is 0 Å². The van der Waals surface area contributed by atoms with Crippen LogP contribution in [0.5, 0.6) is 11.5 Å². The highest BCUT2D eigenvalue weighted by molar-refractivity contribution is 7.89. The standard InChI is InChI=1S/C16H19N3O6S/c1-22-10-15-17-16(18-25-15)11-4-5-19(9-11)26(20,21)12-2-3-13-14(8-12)24-7-6-23-13/h2-3,8,11H,4-7,9-10H2,1H3. The number of fused-ring (bicyclic) bond motifs is 1. The van der Waals surface area contributed by atoms with Crippen molar-refractivity contribution in [2.24, 2.45) is 0 Å². The minimum atomic E-state index is -3.63. The summed E-state index contributed by atoms with van der Waals surface area (Å²) in [7, 11) is -2.09. The summed E-state index contributed by atoms with van der Waals surface area (Å²) in [6, 6.07) is 4.69. The molecule has 1 aromatic heterocycles. The normalized spacial score (nSPS) is 20.4. The van der Waals surface area contributed by atoms with E-state index in [1.54, 1.807) is 19.2 Å². The lowest BCUT2D eigenvalue weighted by molar-refractivity contribution is 0.151. The van der Waals surface area contributed by atoms with E-state index in [9.17, 15) is 8.42 Å². The lowest BCUT2D eigenvalue weighted by atomic mass is 10.1. The molecule has 2 aliphatic rings. The van der Waals surface area contributed by atoms with Crippen LogP contribution in [0.4, 0.5) is 0 Å². The zero-order valence-corrected chi connectivity index (χ0v) is 15.1. The number of methoxy groups -OCH3 is 1. The van der Waals surface area contributed by atoms with Crippen molar-refractivity contribution >= 4 is 10.0 Å². The van der Waals surface area contributed by atoms with E-state index in [2.05, 4.69) is 10.1 Å². The average molecular weight is 381 g/mol. The van der Waals surface area contributed by atoms with E-state index in [1.807, 2.05) is 0 Å². The van der Waals surface area contributed by atoms with Crippen molar-refractivity contribution in [1.29, 1.82) is 0 Å². The molecular formula is C16H19N3O6S. The molecule has 26 heavy (non-hydrogen) atoms. The molecule has 4 rings (SSSR count). The molecule has 140 valence electrons. The highest BCUT2D eigenvalue weighted by Gasteiger charge is 2.36. The summed E-state index contributed by atoms with van der Waals surface area (Å²) in [4.78, 5) is 4.46. The largest absolute Gasteiger partial charge is 0.486 e. The molecule has 9 nitrogen and oxygen atoms in total. The second-order valence-corrected chi connectivity index (χ2v) is 8.07. The second kappa shape index (κ2) is 6.86. The van der Waals surface area contributed by atoms with Gasteiger partial charge in [0.2, 0.25) is 10.0 Å². The van der Waals surface area contributed by atoms with Crippen molar-refractivity contribution < 1.29 is 27.2 Å². The van der Waals surface area contributed by atoms with E-state index in [-0.39, 0.29) is 17.4 Å². The molecular weight excluding hydrogens is 362 g/mol. The molecule has 0 bridgehead atoms. The van der Waals surface area contributed by atoms with Crippen LogP contribution in [0.2, 0.25) is 0 Å². The van der Waals surface area contributed by atoms with Gasteiger partial charge in [-0.2, -0.15) is 9.29 Å². The summed E-state index contributed by atoms with van der Waals surface area (Å²) in [5, 5.41) is 3.94. The minimum Gasteiger partial charge on any atom is -0.486 e. The number of hydrogen-bond acceptors (Lipinski definition) is 8. The van der Waals surface area contributed by atoms with Crippen molar-refractivity contribution in [2.45, 2.75) is 23.8 Å². The second-order valence-electron chi connectivity index (χ2n) is 6.13. The minimum absolute atomic E-state index is 0.101. The first-order chi connectivity index (χ1) is 12.6.